The molecule has 0 unspecified atom stereocenters. The van der Waals surface area contributed by atoms with Crippen molar-refractivity contribution in [3.05, 3.63) is 91.8 Å². The van der Waals surface area contributed by atoms with Gasteiger partial charge in [-0.25, -0.2) is 15.0 Å². The topological polar surface area (TPSA) is 232 Å². The first kappa shape index (κ1) is 30.1. The second-order valence-corrected chi connectivity index (χ2v) is 8.07. The van der Waals surface area contributed by atoms with Crippen molar-refractivity contribution in [1.29, 1.82) is 0 Å². The average Bonchev–Trinajstić information content (AvgIpc) is 2.70. The zero-order valence-electron chi connectivity index (χ0n) is 15.7. The number of carboxylic acid groups (broad SMARTS) is 1. The largest absolute Gasteiger partial charge is 0.218 e. The number of aromatic nitrogens is 3. The third kappa shape index (κ3) is 38.2. The Hall–Kier alpha value is -3.14. The molecule has 0 aliphatic carbocycles. The molecule has 3 aromatic heterocycles. The van der Waals surface area contributed by atoms with Gasteiger partial charge in [-0.05, 0) is 0 Å². The number of amides is 1. The second kappa shape index (κ2) is 18.9. The van der Waals surface area contributed by atoms with Gasteiger partial charge in [0, 0.05) is 36.4 Å². The summed E-state index contributed by atoms with van der Waals surface area (Å²) in [6.07, 6.45) is 9.67. The predicted molar refractivity (Wildman–Crippen MR) is 82.4 cm³/mol. The van der Waals surface area contributed by atoms with Crippen molar-refractivity contribution in [1.82, 2.24) is 0 Å². The first-order chi connectivity index (χ1) is 14.4. The molecule has 0 spiro atoms. The van der Waals surface area contributed by atoms with Crippen molar-refractivity contribution in [2.45, 2.75) is 0 Å². The SMILES string of the molecule is NC(=O)[O-].[O]=[Cr](=[O])([O-])[O][Cr](=[O])(=[O])[O-].c1cc[nH+]cc1.c1cc[nH+]cc1.c1cc[nH+]cc1. The summed E-state index contributed by atoms with van der Waals surface area (Å²) in [5.74, 6) is 0. The molecule has 0 aromatic carbocycles. The van der Waals surface area contributed by atoms with Crippen LogP contribution in [0.25, 0.3) is 0 Å². The molecule has 0 atom stereocenters. The van der Waals surface area contributed by atoms with E-state index in [2.05, 4.69) is 23.5 Å². The summed E-state index contributed by atoms with van der Waals surface area (Å²) in [6.45, 7) is 0. The summed E-state index contributed by atoms with van der Waals surface area (Å²) in [5.41, 5.74) is 3.92. The molecule has 1 amide bonds. The Balaban J connectivity index is 0. The summed E-state index contributed by atoms with van der Waals surface area (Å²) in [7, 11) is 0. The quantitative estimate of drug-likeness (QED) is 0.362. The van der Waals surface area contributed by atoms with E-state index in [4.69, 9.17) is 9.90 Å². The molecule has 0 saturated carbocycles. The average molecular weight is 516 g/mol. The minimum atomic E-state index is -6.07. The van der Waals surface area contributed by atoms with Gasteiger partial charge in [-0.1, -0.05) is 18.2 Å². The molecule has 0 saturated heterocycles. The number of nitrogens with two attached hydrogens (primary N) is 1. The minimum Gasteiger partial charge on any atom is -0.218 e. The standard InChI is InChI=1S/3C5H5N.CH3NO2.2Cr.7O/c3*1-2-4-6-5-3-1;2-1(3)4;;;;;;;;;/h3*1-5H;2H2,(H,3,4);;;;;;;;;/q;;;;;;;;;;;2*-1/p+2. The molecular weight excluding hydrogens is 496 g/mol. The van der Waals surface area contributed by atoms with E-state index in [0.29, 0.717) is 0 Å². The molecule has 0 radical (unpaired) electrons. The molecule has 15 heteroatoms. The third-order valence-corrected chi connectivity index (χ3v) is 4.65. The molecule has 0 aliphatic rings. The monoisotopic (exact) mass is 516 g/mol. The fourth-order valence-electron chi connectivity index (χ4n) is 1.13. The zero-order valence-corrected chi connectivity index (χ0v) is 18.3. The van der Waals surface area contributed by atoms with E-state index < -0.39 is 33.3 Å². The van der Waals surface area contributed by atoms with Gasteiger partial charge in [-0.15, -0.1) is 0 Å². The summed E-state index contributed by atoms with van der Waals surface area (Å²) >= 11 is -12.1. The Morgan fingerprint density at radius 3 is 0.839 bits per heavy atom. The second-order valence-electron chi connectivity index (χ2n) is 4.44. The fraction of sp³-hybridized carbons (Fsp3) is 0. The van der Waals surface area contributed by atoms with Crippen LogP contribution in [0.3, 0.4) is 0 Å². The minimum absolute atomic E-state index is 1.58. The molecule has 3 rings (SSSR count). The first-order valence-corrected chi connectivity index (χ1v) is 11.9. The number of hydrogen-bond donors (Lipinski definition) is 1. The van der Waals surface area contributed by atoms with E-state index in [1.54, 1.807) is 0 Å². The van der Waals surface area contributed by atoms with Crippen LogP contribution in [0, 0.1) is 0 Å². The predicted octanol–water partition coefficient (Wildman–Crippen LogP) is -3.14. The molecule has 31 heavy (non-hydrogen) atoms. The van der Waals surface area contributed by atoms with Crippen LogP contribution >= 0.6 is 0 Å². The van der Waals surface area contributed by atoms with Crippen LogP contribution in [-0.4, -0.2) is 6.09 Å². The smallest absolute Gasteiger partial charge is 0.166 e. The summed E-state index contributed by atoms with van der Waals surface area (Å²) in [5, 5.41) is 8.67. The molecular formula is C16H20Cr2N4O9. The van der Waals surface area contributed by atoms with Crippen molar-refractivity contribution < 1.29 is 78.5 Å². The maximum absolute atomic E-state index is 9.38. The Kier molecular flexibility index (Phi) is 18.3. The van der Waals surface area contributed by atoms with Crippen LogP contribution in [0.1, 0.15) is 0 Å². The van der Waals surface area contributed by atoms with Crippen LogP contribution in [-0.2, 0) is 45.3 Å². The molecule has 13 nitrogen and oxygen atoms in total. The van der Waals surface area contributed by atoms with E-state index in [9.17, 15) is 23.5 Å². The number of carbonyl (C=O) groups excluding carboxylic acids is 1. The molecule has 3 heterocycles. The van der Waals surface area contributed by atoms with Crippen LogP contribution in [0.2, 0.25) is 0 Å². The number of rotatable bonds is 2. The molecule has 0 bridgehead atoms. The van der Waals surface area contributed by atoms with E-state index in [-0.39, 0.29) is 0 Å². The number of pyridine rings is 3. The number of hydrogen-bond acceptors (Lipinski definition) is 9. The Bertz CT molecular complexity index is 804. The number of H-pyrrole nitrogens is 3. The van der Waals surface area contributed by atoms with Gasteiger partial charge in [0.2, 0.25) is 0 Å². The van der Waals surface area contributed by atoms with Gasteiger partial charge in [0.25, 0.3) is 0 Å². The van der Waals surface area contributed by atoms with E-state index in [1.165, 1.54) is 0 Å². The van der Waals surface area contributed by atoms with Crippen LogP contribution in [0.5, 0.6) is 0 Å². The van der Waals surface area contributed by atoms with Gasteiger partial charge < -0.3 is 15.6 Å². The van der Waals surface area contributed by atoms with Crippen LogP contribution < -0.4 is 34.1 Å². The maximum Gasteiger partial charge on any atom is 0.166 e. The molecule has 3 aromatic rings. The van der Waals surface area contributed by atoms with Gasteiger partial charge in [0.05, 0.1) is 0 Å². The van der Waals surface area contributed by atoms with Crippen molar-refractivity contribution in [2.75, 3.05) is 0 Å². The fourth-order valence-corrected chi connectivity index (χ4v) is 2.76. The summed E-state index contributed by atoms with van der Waals surface area (Å²) in [6, 6.07) is 17.6. The number of carbonyl (C=O) groups is 1. The van der Waals surface area contributed by atoms with Crippen LogP contribution in [0.4, 0.5) is 4.79 Å². The molecule has 0 fully saturated rings. The first-order valence-electron chi connectivity index (χ1n) is 7.76. The van der Waals surface area contributed by atoms with Crippen molar-refractivity contribution in [2.24, 2.45) is 5.73 Å². The van der Waals surface area contributed by atoms with Gasteiger partial charge in [0.15, 0.2) is 37.2 Å². The maximum atomic E-state index is 9.38. The normalized spacial score (nSPS) is 9.35. The number of nitrogens with one attached hydrogen (secondary N) is 3. The van der Waals surface area contributed by atoms with E-state index >= 15 is 0 Å². The van der Waals surface area contributed by atoms with Crippen molar-refractivity contribution in [3.63, 3.8) is 0 Å². The summed E-state index contributed by atoms with van der Waals surface area (Å²) in [4.78, 5) is 17.3. The summed E-state index contributed by atoms with van der Waals surface area (Å²) < 4.78 is 58.9. The van der Waals surface area contributed by atoms with E-state index in [1.807, 2.05) is 91.8 Å². The van der Waals surface area contributed by atoms with Crippen LogP contribution in [0.15, 0.2) is 91.8 Å². The van der Waals surface area contributed by atoms with Gasteiger partial charge in [0.1, 0.15) is 6.09 Å². The van der Waals surface area contributed by atoms with Crippen molar-refractivity contribution in [3.8, 4) is 0 Å². The third-order valence-electron chi connectivity index (χ3n) is 1.99. The number of primary amides is 1. The Labute approximate surface area is 182 Å². The molecule has 170 valence electrons. The molecule has 0 aliphatic heterocycles. The van der Waals surface area contributed by atoms with Gasteiger partial charge in [-0.2, -0.15) is 0 Å². The zero-order chi connectivity index (χ0) is 24.0. The Morgan fingerprint density at radius 1 is 0.613 bits per heavy atom. The Morgan fingerprint density at radius 2 is 0.806 bits per heavy atom. The van der Waals surface area contributed by atoms with Gasteiger partial charge >= 0.3 is 53.6 Å². The molecule has 5 N–H and O–H groups in total. The van der Waals surface area contributed by atoms with E-state index in [0.717, 1.165) is 0 Å². The van der Waals surface area contributed by atoms with Crippen molar-refractivity contribution >= 4 is 6.09 Å². The number of aromatic amines is 3. The van der Waals surface area contributed by atoms with Gasteiger partial charge in [-0.3, -0.25) is 0 Å².